The number of anilines is 1. The summed E-state index contributed by atoms with van der Waals surface area (Å²) >= 11 is 0. The zero-order chi connectivity index (χ0) is 21.0. The summed E-state index contributed by atoms with van der Waals surface area (Å²) in [5, 5.41) is 9.87. The quantitative estimate of drug-likeness (QED) is 0.527. The molecule has 0 atom stereocenters. The van der Waals surface area contributed by atoms with Gasteiger partial charge < -0.3 is 10.3 Å². The van der Waals surface area contributed by atoms with Crippen LogP contribution in [0, 0.1) is 0 Å². The van der Waals surface area contributed by atoms with Gasteiger partial charge >= 0.3 is 0 Å². The standard InChI is InChI=1S/C21H24N8O/c1-10(2)13-7-23-20(24-8-13)14-17(28-30-18(14)12-5-6-12)16-15-19(22)25-9-26-21(15)29(27-16)11(3)4/h7-12H,5-6H2,1-4H3,(H2,22,25,26). The molecule has 0 unspecified atom stereocenters. The van der Waals surface area contributed by atoms with Crippen molar-refractivity contribution in [3.05, 3.63) is 30.0 Å². The highest BCUT2D eigenvalue weighted by molar-refractivity contribution is 6.00. The topological polar surface area (TPSA) is 121 Å². The van der Waals surface area contributed by atoms with Crippen molar-refractivity contribution < 1.29 is 4.52 Å². The summed E-state index contributed by atoms with van der Waals surface area (Å²) in [5.74, 6) is 2.44. The van der Waals surface area contributed by atoms with Crippen LogP contribution in [0.15, 0.2) is 23.2 Å². The van der Waals surface area contributed by atoms with E-state index in [-0.39, 0.29) is 6.04 Å². The smallest absolute Gasteiger partial charge is 0.165 e. The Labute approximate surface area is 173 Å². The molecule has 2 N–H and O–H groups in total. The lowest BCUT2D eigenvalue weighted by atomic mass is 10.0. The van der Waals surface area contributed by atoms with Crippen molar-refractivity contribution in [2.75, 3.05) is 5.73 Å². The highest BCUT2D eigenvalue weighted by atomic mass is 16.5. The van der Waals surface area contributed by atoms with E-state index in [1.165, 1.54) is 6.33 Å². The monoisotopic (exact) mass is 404 g/mol. The van der Waals surface area contributed by atoms with Gasteiger partial charge in [-0.3, -0.25) is 0 Å². The average Bonchev–Trinajstić information content (AvgIpc) is 3.34. The number of nitrogen functional groups attached to an aromatic ring is 1. The first-order valence-corrected chi connectivity index (χ1v) is 10.3. The first-order chi connectivity index (χ1) is 14.5. The molecular weight excluding hydrogens is 380 g/mol. The van der Waals surface area contributed by atoms with Crippen LogP contribution in [0.5, 0.6) is 0 Å². The lowest BCUT2D eigenvalue weighted by Crippen LogP contribution is -2.04. The second-order valence-corrected chi connectivity index (χ2v) is 8.38. The first kappa shape index (κ1) is 18.7. The van der Waals surface area contributed by atoms with Gasteiger partial charge in [-0.15, -0.1) is 0 Å². The molecule has 0 spiro atoms. The summed E-state index contributed by atoms with van der Waals surface area (Å²) in [5.41, 5.74) is 9.95. The maximum absolute atomic E-state index is 6.23. The molecule has 0 aliphatic heterocycles. The molecule has 4 aromatic heterocycles. The van der Waals surface area contributed by atoms with Crippen molar-refractivity contribution >= 4 is 16.9 Å². The number of rotatable bonds is 5. The summed E-state index contributed by atoms with van der Waals surface area (Å²) in [6.45, 7) is 8.32. The number of hydrogen-bond donors (Lipinski definition) is 1. The Morgan fingerprint density at radius 2 is 1.77 bits per heavy atom. The van der Waals surface area contributed by atoms with E-state index in [0.29, 0.717) is 45.9 Å². The molecule has 0 aromatic carbocycles. The minimum atomic E-state index is 0.0929. The van der Waals surface area contributed by atoms with E-state index in [9.17, 15) is 0 Å². The van der Waals surface area contributed by atoms with Crippen LogP contribution < -0.4 is 5.73 Å². The molecule has 4 aromatic rings. The van der Waals surface area contributed by atoms with Crippen molar-refractivity contribution in [1.29, 1.82) is 0 Å². The number of nitrogens with two attached hydrogens (primary N) is 1. The van der Waals surface area contributed by atoms with Gasteiger partial charge in [0.25, 0.3) is 0 Å². The minimum Gasteiger partial charge on any atom is -0.383 e. The maximum Gasteiger partial charge on any atom is 0.165 e. The molecule has 1 fully saturated rings. The second-order valence-electron chi connectivity index (χ2n) is 8.38. The van der Waals surface area contributed by atoms with E-state index in [1.54, 1.807) is 0 Å². The van der Waals surface area contributed by atoms with Crippen molar-refractivity contribution in [2.45, 2.75) is 58.4 Å². The van der Waals surface area contributed by atoms with E-state index in [0.717, 1.165) is 29.7 Å². The van der Waals surface area contributed by atoms with E-state index in [1.807, 2.05) is 30.9 Å². The lowest BCUT2D eigenvalue weighted by molar-refractivity contribution is 0.386. The predicted molar refractivity (Wildman–Crippen MR) is 113 cm³/mol. The van der Waals surface area contributed by atoms with Gasteiger partial charge in [-0.1, -0.05) is 19.0 Å². The van der Waals surface area contributed by atoms with Gasteiger partial charge in [0, 0.05) is 24.4 Å². The van der Waals surface area contributed by atoms with Gasteiger partial charge in [-0.05, 0) is 38.2 Å². The molecule has 0 saturated heterocycles. The normalized spacial score (nSPS) is 14.3. The average molecular weight is 404 g/mol. The van der Waals surface area contributed by atoms with Crippen LogP contribution in [0.4, 0.5) is 5.82 Å². The van der Waals surface area contributed by atoms with Crippen molar-refractivity contribution in [1.82, 2.24) is 34.9 Å². The zero-order valence-electron chi connectivity index (χ0n) is 17.5. The molecule has 1 saturated carbocycles. The highest BCUT2D eigenvalue weighted by Crippen LogP contribution is 2.47. The number of fused-ring (bicyclic) bond motifs is 1. The van der Waals surface area contributed by atoms with Gasteiger partial charge in [-0.25, -0.2) is 24.6 Å². The molecule has 0 amide bonds. The van der Waals surface area contributed by atoms with Crippen LogP contribution in [0.3, 0.4) is 0 Å². The molecule has 1 aliphatic carbocycles. The molecule has 1 aliphatic rings. The van der Waals surface area contributed by atoms with E-state index >= 15 is 0 Å². The molecule has 9 nitrogen and oxygen atoms in total. The molecular formula is C21H24N8O. The van der Waals surface area contributed by atoms with Crippen molar-refractivity contribution in [2.24, 2.45) is 0 Å². The number of aromatic nitrogens is 7. The molecule has 30 heavy (non-hydrogen) atoms. The zero-order valence-corrected chi connectivity index (χ0v) is 17.5. The van der Waals surface area contributed by atoms with Crippen LogP contribution in [0.2, 0.25) is 0 Å². The number of hydrogen-bond acceptors (Lipinski definition) is 8. The minimum absolute atomic E-state index is 0.0929. The third-order valence-corrected chi connectivity index (χ3v) is 5.46. The van der Waals surface area contributed by atoms with Gasteiger partial charge in [0.05, 0.1) is 10.9 Å². The van der Waals surface area contributed by atoms with Gasteiger partial charge in [0.15, 0.2) is 17.2 Å². The van der Waals surface area contributed by atoms with E-state index in [2.05, 4.69) is 38.9 Å². The third-order valence-electron chi connectivity index (χ3n) is 5.46. The van der Waals surface area contributed by atoms with E-state index in [4.69, 9.17) is 15.4 Å². The predicted octanol–water partition coefficient (Wildman–Crippen LogP) is 4.10. The molecule has 0 radical (unpaired) electrons. The second kappa shape index (κ2) is 6.86. The molecule has 5 rings (SSSR count). The molecule has 9 heteroatoms. The Bertz CT molecular complexity index is 1220. The Balaban J connectivity index is 1.75. The van der Waals surface area contributed by atoms with Gasteiger partial charge in [0.2, 0.25) is 0 Å². The summed E-state index contributed by atoms with van der Waals surface area (Å²) < 4.78 is 7.64. The molecule has 4 heterocycles. The van der Waals surface area contributed by atoms with Gasteiger partial charge in [0.1, 0.15) is 23.5 Å². The summed E-state index contributed by atoms with van der Waals surface area (Å²) in [7, 11) is 0. The van der Waals surface area contributed by atoms with Crippen molar-refractivity contribution in [3.63, 3.8) is 0 Å². The fourth-order valence-corrected chi connectivity index (χ4v) is 3.59. The first-order valence-electron chi connectivity index (χ1n) is 10.3. The Morgan fingerprint density at radius 3 is 2.40 bits per heavy atom. The lowest BCUT2D eigenvalue weighted by Gasteiger charge is -2.06. The van der Waals surface area contributed by atoms with Crippen LogP contribution in [-0.4, -0.2) is 34.9 Å². The van der Waals surface area contributed by atoms with Crippen LogP contribution in [-0.2, 0) is 0 Å². The molecule has 154 valence electrons. The number of nitrogens with zero attached hydrogens (tertiary/aromatic N) is 7. The van der Waals surface area contributed by atoms with Gasteiger partial charge in [-0.2, -0.15) is 5.10 Å². The fourth-order valence-electron chi connectivity index (χ4n) is 3.59. The fraction of sp³-hybridized carbons (Fsp3) is 0.429. The Hall–Kier alpha value is -3.36. The van der Waals surface area contributed by atoms with Crippen LogP contribution in [0.1, 0.15) is 69.7 Å². The maximum atomic E-state index is 6.23. The van der Waals surface area contributed by atoms with Crippen LogP contribution in [0.25, 0.3) is 33.8 Å². The summed E-state index contributed by atoms with van der Waals surface area (Å²) in [6, 6.07) is 0.0929. The highest BCUT2D eigenvalue weighted by Gasteiger charge is 2.36. The third kappa shape index (κ3) is 2.92. The van der Waals surface area contributed by atoms with E-state index < -0.39 is 0 Å². The van der Waals surface area contributed by atoms with Crippen molar-refractivity contribution in [3.8, 4) is 22.8 Å². The Morgan fingerprint density at radius 1 is 1.03 bits per heavy atom. The van der Waals surface area contributed by atoms with Crippen LogP contribution >= 0.6 is 0 Å². The SMILES string of the molecule is CC(C)c1cnc(-c2c(-c3nn(C(C)C)c4ncnc(N)c34)noc2C2CC2)nc1. The summed E-state index contributed by atoms with van der Waals surface area (Å²) in [4.78, 5) is 17.9. The summed E-state index contributed by atoms with van der Waals surface area (Å²) in [6.07, 6.45) is 7.32. The molecule has 0 bridgehead atoms. The Kier molecular flexibility index (Phi) is 4.27. The largest absolute Gasteiger partial charge is 0.383 e.